The Balaban J connectivity index is 1.82. The summed E-state index contributed by atoms with van der Waals surface area (Å²) in [5.41, 5.74) is 0.528. The molecule has 5 nitrogen and oxygen atoms in total. The molecule has 6 heteroatoms. The van der Waals surface area contributed by atoms with E-state index in [0.717, 1.165) is 10.4 Å². The average Bonchev–Trinajstić information content (AvgIpc) is 2.89. The molecule has 0 aliphatic heterocycles. The average molecular weight is 527 g/mol. The highest BCUT2D eigenvalue weighted by molar-refractivity contribution is 6.99. The van der Waals surface area contributed by atoms with Crippen molar-refractivity contribution in [3.05, 3.63) is 101 Å². The third kappa shape index (κ3) is 4.70. The monoisotopic (exact) mass is 526 g/mol. The summed E-state index contributed by atoms with van der Waals surface area (Å²) in [5, 5.41) is 1.98. The first-order chi connectivity index (χ1) is 18.0. The zero-order chi connectivity index (χ0) is 27.7. The van der Waals surface area contributed by atoms with E-state index in [9.17, 15) is 14.4 Å². The molecule has 0 radical (unpaired) electrons. The molecule has 196 valence electrons. The molecule has 1 aliphatic rings. The van der Waals surface area contributed by atoms with E-state index in [0.29, 0.717) is 0 Å². The van der Waals surface area contributed by atoms with E-state index in [1.807, 2.05) is 43.3 Å². The van der Waals surface area contributed by atoms with Gasteiger partial charge in [0.2, 0.25) is 5.78 Å². The standard InChI is InChI=1S/C32H34O5Si/c1-21(20-26-28(22(2)33)31(35)29-25(30(26)34)18-13-19-27(29)36-6)37-38(32(3,4)5,23-14-9-7-10-15-23)24-16-11-8-12-17-24/h7-19,21H,20H2,1-6H3/t21-/m0/s1. The summed E-state index contributed by atoms with van der Waals surface area (Å²) < 4.78 is 12.5. The van der Waals surface area contributed by atoms with Crippen molar-refractivity contribution in [1.29, 1.82) is 0 Å². The lowest BCUT2D eigenvalue weighted by Crippen LogP contribution is -2.67. The van der Waals surface area contributed by atoms with Crippen molar-refractivity contribution in [2.45, 2.75) is 52.2 Å². The largest absolute Gasteiger partial charge is 0.496 e. The zero-order valence-electron chi connectivity index (χ0n) is 22.8. The zero-order valence-corrected chi connectivity index (χ0v) is 23.8. The van der Waals surface area contributed by atoms with Crippen molar-refractivity contribution in [2.24, 2.45) is 0 Å². The highest BCUT2D eigenvalue weighted by atomic mass is 28.4. The molecule has 1 aliphatic carbocycles. The van der Waals surface area contributed by atoms with Gasteiger partial charge in [-0.1, -0.05) is 93.6 Å². The molecule has 3 aromatic carbocycles. The molecule has 0 saturated heterocycles. The van der Waals surface area contributed by atoms with Gasteiger partial charge < -0.3 is 9.16 Å². The Kier molecular flexibility index (Phi) is 7.67. The lowest BCUT2D eigenvalue weighted by Gasteiger charge is -2.45. The number of benzene rings is 3. The number of methoxy groups -OCH3 is 1. The van der Waals surface area contributed by atoms with E-state index in [1.54, 1.807) is 18.2 Å². The first-order valence-electron chi connectivity index (χ1n) is 12.8. The van der Waals surface area contributed by atoms with E-state index >= 15 is 0 Å². The highest BCUT2D eigenvalue weighted by Crippen LogP contribution is 2.39. The molecule has 0 unspecified atom stereocenters. The summed E-state index contributed by atoms with van der Waals surface area (Å²) >= 11 is 0. The van der Waals surface area contributed by atoms with E-state index < -0.39 is 26.0 Å². The maximum Gasteiger partial charge on any atom is 0.261 e. The fourth-order valence-corrected chi connectivity index (χ4v) is 10.3. The van der Waals surface area contributed by atoms with Gasteiger partial charge in [0, 0.05) is 23.7 Å². The Labute approximate surface area is 225 Å². The molecule has 3 aromatic rings. The molecule has 0 fully saturated rings. The maximum atomic E-state index is 13.7. The minimum atomic E-state index is -2.90. The Morgan fingerprint density at radius 2 is 1.39 bits per heavy atom. The molecular formula is C32H34O5Si. The van der Waals surface area contributed by atoms with Crippen molar-refractivity contribution in [3.8, 4) is 5.75 Å². The summed E-state index contributed by atoms with van der Waals surface area (Å²) in [4.78, 5) is 40.0. The third-order valence-corrected chi connectivity index (χ3v) is 12.3. The number of ketones is 3. The summed E-state index contributed by atoms with van der Waals surface area (Å²) in [6.45, 7) is 9.80. The molecule has 0 aromatic heterocycles. The normalized spacial score (nSPS) is 14.8. The fourth-order valence-electron chi connectivity index (χ4n) is 5.55. The number of ether oxygens (including phenoxy) is 1. The van der Waals surface area contributed by atoms with Crippen LogP contribution in [0.4, 0.5) is 0 Å². The fraction of sp³-hybridized carbons (Fsp3) is 0.281. The van der Waals surface area contributed by atoms with E-state index in [-0.39, 0.29) is 45.3 Å². The van der Waals surface area contributed by atoms with Crippen LogP contribution in [0.2, 0.25) is 5.04 Å². The maximum absolute atomic E-state index is 13.7. The van der Waals surface area contributed by atoms with Gasteiger partial charge in [-0.05, 0) is 35.3 Å². The van der Waals surface area contributed by atoms with Gasteiger partial charge in [-0.25, -0.2) is 0 Å². The summed E-state index contributed by atoms with van der Waals surface area (Å²) in [7, 11) is -1.45. The van der Waals surface area contributed by atoms with Gasteiger partial charge in [-0.3, -0.25) is 14.4 Å². The molecule has 0 saturated carbocycles. The van der Waals surface area contributed by atoms with Crippen LogP contribution in [0.25, 0.3) is 0 Å². The molecule has 0 amide bonds. The Morgan fingerprint density at radius 3 is 1.87 bits per heavy atom. The van der Waals surface area contributed by atoms with E-state index in [2.05, 4.69) is 45.0 Å². The first kappa shape index (κ1) is 27.4. The predicted molar refractivity (Wildman–Crippen MR) is 152 cm³/mol. The van der Waals surface area contributed by atoms with Gasteiger partial charge in [0.05, 0.1) is 18.2 Å². The quantitative estimate of drug-likeness (QED) is 0.294. The van der Waals surface area contributed by atoms with Gasteiger partial charge in [0.25, 0.3) is 8.32 Å². The van der Waals surface area contributed by atoms with Gasteiger partial charge in [-0.15, -0.1) is 0 Å². The lowest BCUT2D eigenvalue weighted by molar-refractivity contribution is -0.113. The van der Waals surface area contributed by atoms with Crippen LogP contribution in [-0.2, 0) is 9.22 Å². The Hall–Kier alpha value is -3.61. The summed E-state index contributed by atoms with van der Waals surface area (Å²) in [6, 6.07) is 25.4. The summed E-state index contributed by atoms with van der Waals surface area (Å²) in [5.74, 6) is -0.957. The van der Waals surface area contributed by atoms with Gasteiger partial charge in [-0.2, -0.15) is 0 Å². The minimum absolute atomic E-state index is 0.0788. The molecule has 38 heavy (non-hydrogen) atoms. The van der Waals surface area contributed by atoms with Gasteiger partial charge in [0.15, 0.2) is 11.6 Å². The number of allylic oxidation sites excluding steroid dienone is 1. The van der Waals surface area contributed by atoms with Crippen LogP contribution in [-0.4, -0.2) is 38.9 Å². The molecule has 4 rings (SSSR count). The molecular weight excluding hydrogens is 492 g/mol. The van der Waals surface area contributed by atoms with Crippen molar-refractivity contribution >= 4 is 36.0 Å². The number of Topliss-reactive ketones (excluding diaryl/α,β-unsaturated/α-hetero) is 3. The number of carbonyl (C=O) groups is 3. The molecule has 0 heterocycles. The number of hydrogen-bond donors (Lipinski definition) is 0. The number of hydrogen-bond acceptors (Lipinski definition) is 5. The SMILES string of the molecule is COc1cccc2c1C(=O)C(C(C)=O)=C(C[C@H](C)O[Si](c1ccccc1)(c1ccccc1)C(C)(C)C)C2=O. The second-order valence-corrected chi connectivity index (χ2v) is 15.0. The second-order valence-electron chi connectivity index (χ2n) is 10.7. The Morgan fingerprint density at radius 1 is 0.842 bits per heavy atom. The number of fused-ring (bicyclic) bond motifs is 1. The molecule has 0 spiro atoms. The third-order valence-electron chi connectivity index (χ3n) is 7.16. The number of carbonyl (C=O) groups excluding carboxylic acids is 3. The van der Waals surface area contributed by atoms with E-state index in [4.69, 9.17) is 9.16 Å². The molecule has 0 N–H and O–H groups in total. The smallest absolute Gasteiger partial charge is 0.261 e. The van der Waals surface area contributed by atoms with Gasteiger partial charge >= 0.3 is 0 Å². The van der Waals surface area contributed by atoms with Crippen LogP contribution in [0.15, 0.2) is 90.0 Å². The highest BCUT2D eigenvalue weighted by Gasteiger charge is 2.51. The first-order valence-corrected chi connectivity index (χ1v) is 14.7. The van der Waals surface area contributed by atoms with Crippen LogP contribution >= 0.6 is 0 Å². The lowest BCUT2D eigenvalue weighted by atomic mass is 9.80. The topological polar surface area (TPSA) is 69.7 Å². The predicted octanol–water partition coefficient (Wildman–Crippen LogP) is 5.32. The van der Waals surface area contributed by atoms with Crippen molar-refractivity contribution in [2.75, 3.05) is 7.11 Å². The number of rotatable bonds is 8. The van der Waals surface area contributed by atoms with E-state index in [1.165, 1.54) is 14.0 Å². The second kappa shape index (κ2) is 10.6. The summed E-state index contributed by atoms with van der Waals surface area (Å²) in [6.07, 6.45) is -0.310. The van der Waals surface area contributed by atoms with Crippen molar-refractivity contribution in [3.63, 3.8) is 0 Å². The van der Waals surface area contributed by atoms with Crippen LogP contribution in [0.5, 0.6) is 5.75 Å². The molecule has 0 bridgehead atoms. The van der Waals surface area contributed by atoms with Crippen LogP contribution in [0.1, 0.15) is 61.8 Å². The van der Waals surface area contributed by atoms with Crippen LogP contribution in [0, 0.1) is 0 Å². The van der Waals surface area contributed by atoms with Crippen LogP contribution in [0.3, 0.4) is 0 Å². The van der Waals surface area contributed by atoms with Crippen molar-refractivity contribution in [1.82, 2.24) is 0 Å². The van der Waals surface area contributed by atoms with Crippen LogP contribution < -0.4 is 15.1 Å². The Bertz CT molecular complexity index is 1360. The molecule has 1 atom stereocenters. The van der Waals surface area contributed by atoms with Crippen molar-refractivity contribution < 1.29 is 23.5 Å². The van der Waals surface area contributed by atoms with Gasteiger partial charge in [0.1, 0.15) is 5.75 Å². The minimum Gasteiger partial charge on any atom is -0.496 e.